The van der Waals surface area contributed by atoms with Crippen LogP contribution in [-0.4, -0.2) is 52.3 Å². The first-order valence-electron chi connectivity index (χ1n) is 14.5. The second-order valence-corrected chi connectivity index (χ2v) is 12.5. The molecule has 7 rings (SSSR count). The summed E-state index contributed by atoms with van der Waals surface area (Å²) in [5.74, 6) is -0.572. The highest BCUT2D eigenvalue weighted by Gasteiger charge is 2.37. The average molecular weight is 697 g/mol. The van der Waals surface area contributed by atoms with E-state index >= 15 is 0 Å². The van der Waals surface area contributed by atoms with Gasteiger partial charge in [0.05, 0.1) is 27.0 Å². The van der Waals surface area contributed by atoms with Gasteiger partial charge in [0.2, 0.25) is 11.8 Å². The Hall–Kier alpha value is -5.15. The number of aromatic nitrogens is 3. The van der Waals surface area contributed by atoms with E-state index in [4.69, 9.17) is 20.8 Å². The molecule has 1 aliphatic rings. The minimum absolute atomic E-state index is 0.00503. The van der Waals surface area contributed by atoms with Crippen molar-refractivity contribution in [2.24, 2.45) is 0 Å². The summed E-state index contributed by atoms with van der Waals surface area (Å²) in [4.78, 5) is 52.2. The van der Waals surface area contributed by atoms with Gasteiger partial charge in [-0.25, -0.2) is 14.8 Å². The second-order valence-electron chi connectivity index (χ2n) is 11.2. The Morgan fingerprint density at radius 3 is 2.71 bits per heavy atom. The molecule has 3 aromatic heterocycles. The molecule has 11 nitrogen and oxygen atoms in total. The fraction of sp³-hybridized carbons (Fsp3) is 0.219. The number of oxazole rings is 1. The van der Waals surface area contributed by atoms with Gasteiger partial charge in [-0.05, 0) is 54.4 Å². The molecule has 6 aromatic rings. The Morgan fingerprint density at radius 1 is 1.15 bits per heavy atom. The fourth-order valence-electron chi connectivity index (χ4n) is 5.84. The SMILES string of the molecule is CNC(=O)Oc1cc2c(c3c(C)c[nH]c13)C(CCl)CN2C(=O)c1nc2cc(NC(=O)Cc3nc4cc(C(F)(F)F)ccc4o3)ccc2s1. The lowest BCUT2D eigenvalue weighted by molar-refractivity contribution is -0.137. The summed E-state index contributed by atoms with van der Waals surface area (Å²) >= 11 is 7.58. The number of nitrogens with one attached hydrogen (secondary N) is 3. The van der Waals surface area contributed by atoms with Gasteiger partial charge in [0.15, 0.2) is 16.3 Å². The zero-order valence-electron chi connectivity index (χ0n) is 25.1. The van der Waals surface area contributed by atoms with Crippen LogP contribution in [0.3, 0.4) is 0 Å². The van der Waals surface area contributed by atoms with E-state index in [9.17, 15) is 27.6 Å². The van der Waals surface area contributed by atoms with Crippen molar-refractivity contribution >= 4 is 84.4 Å². The molecule has 0 bridgehead atoms. The maximum absolute atomic E-state index is 14.0. The monoisotopic (exact) mass is 696 g/mol. The molecule has 0 fully saturated rings. The number of alkyl halides is 4. The van der Waals surface area contributed by atoms with E-state index in [0.717, 1.165) is 34.7 Å². The third kappa shape index (κ3) is 5.58. The van der Waals surface area contributed by atoms with Gasteiger partial charge in [-0.15, -0.1) is 22.9 Å². The molecule has 246 valence electrons. The molecule has 0 saturated heterocycles. The summed E-state index contributed by atoms with van der Waals surface area (Å²) in [6.45, 7) is 2.22. The predicted molar refractivity (Wildman–Crippen MR) is 174 cm³/mol. The summed E-state index contributed by atoms with van der Waals surface area (Å²) in [6, 6.07) is 9.56. The third-order valence-electron chi connectivity index (χ3n) is 8.00. The molecule has 3 N–H and O–H groups in total. The number of aromatic amines is 1. The number of rotatable bonds is 6. The molecule has 0 aliphatic carbocycles. The number of amides is 3. The largest absolute Gasteiger partial charge is 0.440 e. The number of ether oxygens (including phenoxy) is 1. The Balaban J connectivity index is 1.13. The minimum atomic E-state index is -4.53. The van der Waals surface area contributed by atoms with E-state index < -0.39 is 23.7 Å². The van der Waals surface area contributed by atoms with Gasteiger partial charge in [-0.3, -0.25) is 9.59 Å². The van der Waals surface area contributed by atoms with Gasteiger partial charge >= 0.3 is 12.3 Å². The van der Waals surface area contributed by atoms with E-state index in [-0.39, 0.29) is 51.9 Å². The Labute approximate surface area is 278 Å². The van der Waals surface area contributed by atoms with E-state index in [1.165, 1.54) is 18.4 Å². The number of fused-ring (bicyclic) bond motifs is 5. The lowest BCUT2D eigenvalue weighted by atomic mass is 9.97. The standard InChI is InChI=1S/C32H24ClF3N6O5S/c1-14-12-38-28-22(47-31(45)37-2)9-20-27(26(14)28)15(11-33)13-42(20)30(44)29-41-19-8-17(4-6-23(19)48-29)39-24(43)10-25-40-18-7-16(32(34,35)36)3-5-21(18)46-25/h3-9,12,15,38H,10-11,13H2,1-2H3,(H,37,45)(H,39,43). The van der Waals surface area contributed by atoms with Crippen LogP contribution >= 0.6 is 22.9 Å². The highest BCUT2D eigenvalue weighted by Crippen LogP contribution is 2.47. The van der Waals surface area contributed by atoms with Crippen molar-refractivity contribution in [2.45, 2.75) is 25.4 Å². The highest BCUT2D eigenvalue weighted by atomic mass is 35.5. The summed E-state index contributed by atoms with van der Waals surface area (Å²) in [5, 5.41) is 6.19. The van der Waals surface area contributed by atoms with Crippen LogP contribution in [0.5, 0.6) is 5.75 Å². The third-order valence-corrected chi connectivity index (χ3v) is 9.40. The maximum atomic E-state index is 14.0. The number of thiazole rings is 1. The Morgan fingerprint density at radius 2 is 1.96 bits per heavy atom. The van der Waals surface area contributed by atoms with Crippen LogP contribution < -0.4 is 20.3 Å². The van der Waals surface area contributed by atoms with Crippen molar-refractivity contribution in [3.63, 3.8) is 0 Å². The predicted octanol–water partition coefficient (Wildman–Crippen LogP) is 7.13. The molecular weight excluding hydrogens is 673 g/mol. The summed E-state index contributed by atoms with van der Waals surface area (Å²) < 4.78 is 50.8. The number of aryl methyl sites for hydroxylation is 1. The number of hydrogen-bond acceptors (Lipinski definition) is 8. The van der Waals surface area contributed by atoms with Gasteiger partial charge in [0.1, 0.15) is 11.9 Å². The first-order valence-corrected chi connectivity index (χ1v) is 15.9. The van der Waals surface area contributed by atoms with Crippen molar-refractivity contribution in [2.75, 3.05) is 29.7 Å². The van der Waals surface area contributed by atoms with E-state index in [1.54, 1.807) is 29.2 Å². The summed E-state index contributed by atoms with van der Waals surface area (Å²) in [5.41, 5.74) is 3.10. The summed E-state index contributed by atoms with van der Waals surface area (Å²) in [6.07, 6.45) is -3.70. The number of hydrogen-bond donors (Lipinski definition) is 3. The van der Waals surface area contributed by atoms with Crippen LogP contribution in [-0.2, 0) is 17.4 Å². The molecular formula is C32H24ClF3N6O5S. The number of nitrogens with zero attached hydrogens (tertiary/aromatic N) is 3. The number of carbonyl (C=O) groups excluding carboxylic acids is 3. The van der Waals surface area contributed by atoms with Crippen molar-refractivity contribution in [3.05, 3.63) is 76.3 Å². The van der Waals surface area contributed by atoms with Gasteiger partial charge < -0.3 is 29.7 Å². The topological polar surface area (TPSA) is 142 Å². The lowest BCUT2D eigenvalue weighted by Gasteiger charge is -2.17. The quantitative estimate of drug-likeness (QED) is 0.157. The molecule has 4 heterocycles. The zero-order valence-corrected chi connectivity index (χ0v) is 26.7. The molecule has 16 heteroatoms. The average Bonchev–Trinajstić information content (AvgIpc) is 3.83. The number of H-pyrrole nitrogens is 1. The van der Waals surface area contributed by atoms with E-state index in [1.807, 2.05) is 13.1 Å². The van der Waals surface area contributed by atoms with Crippen molar-refractivity contribution in [3.8, 4) is 5.75 Å². The molecule has 0 radical (unpaired) electrons. The highest BCUT2D eigenvalue weighted by molar-refractivity contribution is 7.20. The Bertz CT molecular complexity index is 2280. The molecule has 0 spiro atoms. The number of benzene rings is 3. The maximum Gasteiger partial charge on any atom is 0.416 e. The smallest absolute Gasteiger partial charge is 0.416 e. The molecule has 3 aromatic carbocycles. The summed E-state index contributed by atoms with van der Waals surface area (Å²) in [7, 11) is 1.45. The van der Waals surface area contributed by atoms with Gasteiger partial charge in [-0.2, -0.15) is 13.2 Å². The molecule has 1 atom stereocenters. The van der Waals surface area contributed by atoms with Crippen LogP contribution in [0.15, 0.2) is 53.1 Å². The number of anilines is 2. The fourth-order valence-corrected chi connectivity index (χ4v) is 6.99. The lowest BCUT2D eigenvalue weighted by Crippen LogP contribution is -2.30. The van der Waals surface area contributed by atoms with Crippen LogP contribution in [0.25, 0.3) is 32.2 Å². The van der Waals surface area contributed by atoms with Crippen LogP contribution in [0, 0.1) is 6.92 Å². The molecule has 0 saturated carbocycles. The molecule has 3 amide bonds. The minimum Gasteiger partial charge on any atom is -0.440 e. The van der Waals surface area contributed by atoms with Crippen molar-refractivity contribution < 1.29 is 36.7 Å². The Kier molecular flexibility index (Phi) is 7.75. The van der Waals surface area contributed by atoms with E-state index in [2.05, 4.69) is 25.6 Å². The first-order chi connectivity index (χ1) is 22.9. The molecule has 1 aliphatic heterocycles. The number of halogens is 4. The van der Waals surface area contributed by atoms with Gasteiger partial charge in [0, 0.05) is 48.7 Å². The van der Waals surface area contributed by atoms with Crippen molar-refractivity contribution in [1.29, 1.82) is 0 Å². The molecule has 1 unspecified atom stereocenters. The van der Waals surface area contributed by atoms with Crippen molar-refractivity contribution in [1.82, 2.24) is 20.3 Å². The van der Waals surface area contributed by atoms with Crippen LogP contribution in [0.2, 0.25) is 0 Å². The second kappa shape index (κ2) is 11.8. The first kappa shape index (κ1) is 31.4. The van der Waals surface area contributed by atoms with Gasteiger partial charge in [-0.1, -0.05) is 0 Å². The van der Waals surface area contributed by atoms with Crippen LogP contribution in [0.1, 0.15) is 38.3 Å². The van der Waals surface area contributed by atoms with E-state index in [0.29, 0.717) is 33.7 Å². The number of carbonyl (C=O) groups is 3. The molecule has 48 heavy (non-hydrogen) atoms. The van der Waals surface area contributed by atoms with Gasteiger partial charge in [0.25, 0.3) is 5.91 Å². The zero-order chi connectivity index (χ0) is 33.9. The normalized spacial score (nSPS) is 14.5. The van der Waals surface area contributed by atoms with Crippen LogP contribution in [0.4, 0.5) is 29.3 Å².